The van der Waals surface area contributed by atoms with Crippen LogP contribution in [0.15, 0.2) is 48.7 Å². The van der Waals surface area contributed by atoms with Gasteiger partial charge in [-0.2, -0.15) is 0 Å². The fraction of sp³-hybridized carbons (Fsp3) is 0.346. The number of carbonyl (C=O) groups is 2. The van der Waals surface area contributed by atoms with Gasteiger partial charge in [0.05, 0.1) is 5.56 Å². The number of hydrogen-bond acceptors (Lipinski definition) is 5. The van der Waals surface area contributed by atoms with E-state index in [-0.39, 0.29) is 23.5 Å². The molecule has 0 radical (unpaired) electrons. The molecule has 1 atom stereocenters. The SMILES string of the molecule is CNC(=O)c1cc(CC2CCCN(C(=O)c3ccc(Cc4ccc(F)cc4)nc3)C2)nc(C)n1. The number of nitrogens with one attached hydrogen (secondary N) is 1. The van der Waals surface area contributed by atoms with Crippen molar-refractivity contribution in [2.75, 3.05) is 20.1 Å². The fourth-order valence-corrected chi connectivity index (χ4v) is 4.34. The molecule has 1 aliphatic rings. The molecule has 0 bridgehead atoms. The van der Waals surface area contributed by atoms with Gasteiger partial charge in [-0.3, -0.25) is 14.6 Å². The van der Waals surface area contributed by atoms with Crippen LogP contribution >= 0.6 is 0 Å². The van der Waals surface area contributed by atoms with Gasteiger partial charge in [-0.25, -0.2) is 14.4 Å². The Hall–Kier alpha value is -3.68. The van der Waals surface area contributed by atoms with Crippen LogP contribution in [0.25, 0.3) is 0 Å². The van der Waals surface area contributed by atoms with Crippen molar-refractivity contribution in [3.05, 3.63) is 88.5 Å². The van der Waals surface area contributed by atoms with Crippen LogP contribution in [-0.4, -0.2) is 51.8 Å². The number of carbonyl (C=O) groups excluding carboxylic acids is 2. The Morgan fingerprint density at radius 1 is 1.12 bits per heavy atom. The van der Waals surface area contributed by atoms with Gasteiger partial charge in [-0.1, -0.05) is 12.1 Å². The van der Waals surface area contributed by atoms with Crippen molar-refractivity contribution in [3.63, 3.8) is 0 Å². The number of pyridine rings is 1. The first-order valence-electron chi connectivity index (χ1n) is 11.5. The van der Waals surface area contributed by atoms with Crippen LogP contribution in [0.2, 0.25) is 0 Å². The van der Waals surface area contributed by atoms with E-state index < -0.39 is 0 Å². The lowest BCUT2D eigenvalue weighted by atomic mass is 9.92. The molecule has 0 spiro atoms. The average molecular weight is 462 g/mol. The Bertz CT molecular complexity index is 1160. The molecular formula is C26H28FN5O2. The maximum Gasteiger partial charge on any atom is 0.269 e. The lowest BCUT2D eigenvalue weighted by Crippen LogP contribution is -2.40. The predicted molar refractivity (Wildman–Crippen MR) is 126 cm³/mol. The second-order valence-corrected chi connectivity index (χ2v) is 8.68. The normalized spacial score (nSPS) is 15.7. The zero-order valence-corrected chi connectivity index (χ0v) is 19.4. The van der Waals surface area contributed by atoms with Crippen molar-refractivity contribution in [2.45, 2.75) is 32.6 Å². The third kappa shape index (κ3) is 5.81. The van der Waals surface area contributed by atoms with E-state index in [1.165, 1.54) is 12.1 Å². The molecule has 1 fully saturated rings. The monoisotopic (exact) mass is 461 g/mol. The molecule has 1 aromatic carbocycles. The molecule has 34 heavy (non-hydrogen) atoms. The summed E-state index contributed by atoms with van der Waals surface area (Å²) < 4.78 is 13.1. The standard InChI is InChI=1S/C26H28FN5O2/c1-17-30-23(14-24(31-17)25(33)28-2)13-19-4-3-11-32(16-19)26(34)20-7-10-22(29-15-20)12-18-5-8-21(27)9-6-18/h5-10,14-15,19H,3-4,11-13,16H2,1-2H3,(H,28,33). The maximum atomic E-state index is 13.1. The molecule has 1 N–H and O–H groups in total. The molecule has 4 rings (SSSR count). The van der Waals surface area contributed by atoms with Gasteiger partial charge in [0.2, 0.25) is 0 Å². The summed E-state index contributed by atoms with van der Waals surface area (Å²) in [6, 6.07) is 11.7. The highest BCUT2D eigenvalue weighted by Crippen LogP contribution is 2.22. The largest absolute Gasteiger partial charge is 0.354 e. The molecule has 2 amide bonds. The molecular weight excluding hydrogens is 433 g/mol. The lowest BCUT2D eigenvalue weighted by molar-refractivity contribution is 0.0672. The molecule has 8 heteroatoms. The summed E-state index contributed by atoms with van der Waals surface area (Å²) in [5, 5.41) is 2.60. The zero-order valence-electron chi connectivity index (χ0n) is 19.4. The highest BCUT2D eigenvalue weighted by atomic mass is 19.1. The number of amides is 2. The number of aromatic nitrogens is 3. The quantitative estimate of drug-likeness (QED) is 0.608. The van der Waals surface area contributed by atoms with E-state index in [1.54, 1.807) is 44.4 Å². The van der Waals surface area contributed by atoms with Crippen molar-refractivity contribution in [1.82, 2.24) is 25.2 Å². The van der Waals surface area contributed by atoms with E-state index in [4.69, 9.17) is 0 Å². The summed E-state index contributed by atoms with van der Waals surface area (Å²) in [6.07, 6.45) is 4.80. The lowest BCUT2D eigenvalue weighted by Gasteiger charge is -2.32. The third-order valence-corrected chi connectivity index (χ3v) is 6.02. The predicted octanol–water partition coefficient (Wildman–Crippen LogP) is 3.36. The Morgan fingerprint density at radius 2 is 1.91 bits per heavy atom. The summed E-state index contributed by atoms with van der Waals surface area (Å²) in [5.74, 6) is 0.291. The van der Waals surface area contributed by atoms with E-state index in [0.29, 0.717) is 43.0 Å². The highest BCUT2D eigenvalue weighted by molar-refractivity contribution is 5.94. The van der Waals surface area contributed by atoms with E-state index in [0.717, 1.165) is 29.8 Å². The zero-order chi connectivity index (χ0) is 24.1. The van der Waals surface area contributed by atoms with Crippen LogP contribution < -0.4 is 5.32 Å². The maximum absolute atomic E-state index is 13.1. The molecule has 176 valence electrons. The summed E-state index contributed by atoms with van der Waals surface area (Å²) in [5.41, 5.74) is 3.53. The fourth-order valence-electron chi connectivity index (χ4n) is 4.34. The second-order valence-electron chi connectivity index (χ2n) is 8.68. The van der Waals surface area contributed by atoms with Crippen LogP contribution in [0.1, 0.15) is 56.5 Å². The van der Waals surface area contributed by atoms with Crippen LogP contribution in [0.3, 0.4) is 0 Å². The summed E-state index contributed by atoms with van der Waals surface area (Å²) in [6.45, 7) is 3.12. The molecule has 2 aromatic heterocycles. The van der Waals surface area contributed by atoms with Gasteiger partial charge in [-0.15, -0.1) is 0 Å². The Kier molecular flexibility index (Phi) is 7.25. The van der Waals surface area contributed by atoms with Crippen LogP contribution in [-0.2, 0) is 12.8 Å². The first-order valence-corrected chi connectivity index (χ1v) is 11.5. The van der Waals surface area contributed by atoms with Gasteiger partial charge in [0.1, 0.15) is 17.3 Å². The summed E-state index contributed by atoms with van der Waals surface area (Å²) in [7, 11) is 1.58. The minimum absolute atomic E-state index is 0.0320. The number of halogens is 1. The van der Waals surface area contributed by atoms with Crippen LogP contribution in [0.5, 0.6) is 0 Å². The number of rotatable bonds is 6. The average Bonchev–Trinajstić information content (AvgIpc) is 2.85. The molecule has 1 aliphatic heterocycles. The highest BCUT2D eigenvalue weighted by Gasteiger charge is 2.25. The molecule has 7 nitrogen and oxygen atoms in total. The van der Waals surface area contributed by atoms with E-state index in [2.05, 4.69) is 20.3 Å². The Labute approximate surface area is 198 Å². The van der Waals surface area contributed by atoms with Crippen LogP contribution in [0.4, 0.5) is 4.39 Å². The number of benzene rings is 1. The van der Waals surface area contributed by atoms with Gasteiger partial charge in [0, 0.05) is 44.1 Å². The van der Waals surface area contributed by atoms with Gasteiger partial charge >= 0.3 is 0 Å². The first kappa shape index (κ1) is 23.5. The van der Waals surface area contributed by atoms with Crippen molar-refractivity contribution in [3.8, 4) is 0 Å². The number of piperidine rings is 1. The Balaban J connectivity index is 1.39. The third-order valence-electron chi connectivity index (χ3n) is 6.02. The van der Waals surface area contributed by atoms with E-state index in [1.807, 2.05) is 11.0 Å². The van der Waals surface area contributed by atoms with Crippen molar-refractivity contribution < 1.29 is 14.0 Å². The number of nitrogens with zero attached hydrogens (tertiary/aromatic N) is 4. The Morgan fingerprint density at radius 3 is 2.62 bits per heavy atom. The first-order chi connectivity index (χ1) is 16.4. The molecule has 0 aliphatic carbocycles. The second kappa shape index (κ2) is 10.5. The summed E-state index contributed by atoms with van der Waals surface area (Å²) >= 11 is 0. The molecule has 0 saturated carbocycles. The van der Waals surface area contributed by atoms with Gasteiger partial charge in [0.15, 0.2) is 0 Å². The smallest absolute Gasteiger partial charge is 0.269 e. The molecule has 1 unspecified atom stereocenters. The number of hydrogen-bond donors (Lipinski definition) is 1. The van der Waals surface area contributed by atoms with E-state index in [9.17, 15) is 14.0 Å². The van der Waals surface area contributed by atoms with Crippen molar-refractivity contribution in [2.24, 2.45) is 5.92 Å². The number of likely N-dealkylation sites (tertiary alicyclic amines) is 1. The van der Waals surface area contributed by atoms with Crippen molar-refractivity contribution >= 4 is 11.8 Å². The minimum Gasteiger partial charge on any atom is -0.354 e. The molecule has 3 heterocycles. The van der Waals surface area contributed by atoms with Gasteiger partial charge in [0.25, 0.3) is 11.8 Å². The van der Waals surface area contributed by atoms with Gasteiger partial charge in [-0.05, 0) is 68.0 Å². The topological polar surface area (TPSA) is 88.1 Å². The molecule has 3 aromatic rings. The summed E-state index contributed by atoms with van der Waals surface area (Å²) in [4.78, 5) is 40.1. The minimum atomic E-state index is -0.265. The van der Waals surface area contributed by atoms with Crippen LogP contribution in [0, 0.1) is 18.7 Å². The van der Waals surface area contributed by atoms with E-state index >= 15 is 0 Å². The molecule has 1 saturated heterocycles. The number of aryl methyl sites for hydroxylation is 1. The van der Waals surface area contributed by atoms with Gasteiger partial charge < -0.3 is 10.2 Å². The van der Waals surface area contributed by atoms with Crippen molar-refractivity contribution in [1.29, 1.82) is 0 Å².